The number of nitrogens with one attached hydrogen (secondary N) is 1. The van der Waals surface area contributed by atoms with Crippen molar-refractivity contribution in [2.75, 3.05) is 5.32 Å². The van der Waals surface area contributed by atoms with E-state index in [0.29, 0.717) is 5.02 Å². The Hall–Kier alpha value is -1.22. The summed E-state index contributed by atoms with van der Waals surface area (Å²) in [6.45, 7) is 1.71. The molecule has 0 saturated heterocycles. The van der Waals surface area contributed by atoms with Gasteiger partial charge in [0.15, 0.2) is 0 Å². The quantitative estimate of drug-likeness (QED) is 0.813. The van der Waals surface area contributed by atoms with Gasteiger partial charge in [0.2, 0.25) is 0 Å². The highest BCUT2D eigenvalue weighted by molar-refractivity contribution is 6.33. The Bertz CT molecular complexity index is 406. The maximum Gasteiger partial charge on any atom is 0.308 e. The van der Waals surface area contributed by atoms with Gasteiger partial charge in [-0.2, -0.15) is 0 Å². The van der Waals surface area contributed by atoms with Gasteiger partial charge in [0.05, 0.1) is 16.6 Å². The van der Waals surface area contributed by atoms with Gasteiger partial charge in [-0.05, 0) is 25.0 Å². The summed E-state index contributed by atoms with van der Waals surface area (Å²) in [6, 6.07) is 5.61. The van der Waals surface area contributed by atoms with Crippen molar-refractivity contribution in [3.63, 3.8) is 0 Å². The zero-order valence-electron chi connectivity index (χ0n) is 8.33. The molecule has 0 aliphatic carbocycles. The number of hydrogen-bond donors (Lipinski definition) is 2. The van der Waals surface area contributed by atoms with Crippen molar-refractivity contribution in [3.05, 3.63) is 28.8 Å². The number of carbonyl (C=O) groups is 1. The Morgan fingerprint density at radius 3 is 3.00 bits per heavy atom. The van der Waals surface area contributed by atoms with Gasteiger partial charge in [0, 0.05) is 6.04 Å². The van der Waals surface area contributed by atoms with E-state index in [-0.39, 0.29) is 6.04 Å². The molecule has 2 N–H and O–H groups in total. The second kappa shape index (κ2) is 3.74. The highest BCUT2D eigenvalue weighted by Gasteiger charge is 2.30. The Kier molecular flexibility index (Phi) is 2.57. The second-order valence-corrected chi connectivity index (χ2v) is 4.26. The average molecular weight is 226 g/mol. The van der Waals surface area contributed by atoms with E-state index in [0.717, 1.165) is 17.7 Å². The fourth-order valence-electron chi connectivity index (χ4n) is 1.85. The molecule has 0 aromatic heterocycles. The first-order valence-corrected chi connectivity index (χ1v) is 5.24. The van der Waals surface area contributed by atoms with Crippen LogP contribution in [0, 0.1) is 5.92 Å². The zero-order chi connectivity index (χ0) is 11.0. The van der Waals surface area contributed by atoms with Crippen LogP contribution in [0.5, 0.6) is 0 Å². The molecule has 0 spiro atoms. The zero-order valence-corrected chi connectivity index (χ0v) is 9.08. The summed E-state index contributed by atoms with van der Waals surface area (Å²) in [6.07, 6.45) is 0.726. The van der Waals surface area contributed by atoms with E-state index in [9.17, 15) is 4.79 Å². The van der Waals surface area contributed by atoms with Crippen molar-refractivity contribution in [1.82, 2.24) is 0 Å². The van der Waals surface area contributed by atoms with E-state index >= 15 is 0 Å². The molecule has 0 radical (unpaired) electrons. The van der Waals surface area contributed by atoms with Crippen molar-refractivity contribution in [3.8, 4) is 0 Å². The molecule has 1 aromatic rings. The van der Waals surface area contributed by atoms with Crippen LogP contribution in [0.4, 0.5) is 5.69 Å². The summed E-state index contributed by atoms with van der Waals surface area (Å²) in [5.41, 5.74) is 1.98. The van der Waals surface area contributed by atoms with Crippen molar-refractivity contribution < 1.29 is 9.90 Å². The van der Waals surface area contributed by atoms with Gasteiger partial charge in [0.25, 0.3) is 0 Å². The number of benzene rings is 1. The van der Waals surface area contributed by atoms with E-state index in [1.807, 2.05) is 12.1 Å². The van der Waals surface area contributed by atoms with E-state index < -0.39 is 11.9 Å². The molecule has 1 aliphatic rings. The minimum Gasteiger partial charge on any atom is -0.481 e. The Morgan fingerprint density at radius 2 is 2.40 bits per heavy atom. The summed E-state index contributed by atoms with van der Waals surface area (Å²) < 4.78 is 0. The SMILES string of the molecule is CC(C(=O)O)C1Cc2cccc(Cl)c2N1. The predicted octanol–water partition coefficient (Wildman–Crippen LogP) is 2.40. The standard InChI is InChI=1S/C11H12ClNO2/c1-6(11(14)15)9-5-7-3-2-4-8(12)10(7)13-9/h2-4,6,9,13H,5H2,1H3,(H,14,15). The van der Waals surface area contributed by atoms with Crippen LogP contribution in [-0.2, 0) is 11.2 Å². The van der Waals surface area contributed by atoms with Gasteiger partial charge >= 0.3 is 5.97 Å². The van der Waals surface area contributed by atoms with Crippen LogP contribution < -0.4 is 5.32 Å². The molecule has 0 bridgehead atoms. The monoisotopic (exact) mass is 225 g/mol. The number of carboxylic acids is 1. The van der Waals surface area contributed by atoms with E-state index in [1.54, 1.807) is 13.0 Å². The number of halogens is 1. The molecule has 2 unspecified atom stereocenters. The van der Waals surface area contributed by atoms with Gasteiger partial charge in [-0.25, -0.2) is 0 Å². The Morgan fingerprint density at radius 1 is 1.67 bits per heavy atom. The molecule has 3 nitrogen and oxygen atoms in total. The minimum atomic E-state index is -0.781. The number of carboxylic acid groups (broad SMARTS) is 1. The number of fused-ring (bicyclic) bond motifs is 1. The van der Waals surface area contributed by atoms with Gasteiger partial charge < -0.3 is 10.4 Å². The number of aliphatic carboxylic acids is 1. The van der Waals surface area contributed by atoms with Crippen LogP contribution in [-0.4, -0.2) is 17.1 Å². The molecule has 0 fully saturated rings. The first-order valence-electron chi connectivity index (χ1n) is 4.86. The molecule has 80 valence electrons. The van der Waals surface area contributed by atoms with Gasteiger partial charge in [-0.15, -0.1) is 0 Å². The highest BCUT2D eigenvalue weighted by atomic mass is 35.5. The topological polar surface area (TPSA) is 49.3 Å². The minimum absolute atomic E-state index is 0.0580. The Balaban J connectivity index is 2.23. The Labute approximate surface area is 93.1 Å². The fourth-order valence-corrected chi connectivity index (χ4v) is 2.10. The van der Waals surface area contributed by atoms with Gasteiger partial charge in [0.1, 0.15) is 0 Å². The molecule has 15 heavy (non-hydrogen) atoms. The van der Waals surface area contributed by atoms with E-state index in [2.05, 4.69) is 5.32 Å². The van der Waals surface area contributed by atoms with Crippen molar-refractivity contribution >= 4 is 23.3 Å². The molecule has 1 aromatic carbocycles. The van der Waals surface area contributed by atoms with E-state index in [1.165, 1.54) is 0 Å². The van der Waals surface area contributed by atoms with Crippen molar-refractivity contribution in [2.45, 2.75) is 19.4 Å². The smallest absolute Gasteiger partial charge is 0.308 e. The summed E-state index contributed by atoms with van der Waals surface area (Å²) in [4.78, 5) is 10.8. The highest BCUT2D eigenvalue weighted by Crippen LogP contribution is 2.34. The lowest BCUT2D eigenvalue weighted by molar-refractivity contribution is -0.141. The molecular formula is C11H12ClNO2. The lowest BCUT2D eigenvalue weighted by atomic mass is 9.99. The predicted molar refractivity (Wildman–Crippen MR) is 59.4 cm³/mol. The number of para-hydroxylation sites is 1. The molecular weight excluding hydrogens is 214 g/mol. The lowest BCUT2D eigenvalue weighted by Crippen LogP contribution is -2.30. The van der Waals surface area contributed by atoms with Crippen LogP contribution >= 0.6 is 11.6 Å². The van der Waals surface area contributed by atoms with Gasteiger partial charge in [-0.1, -0.05) is 23.7 Å². The largest absolute Gasteiger partial charge is 0.481 e. The second-order valence-electron chi connectivity index (χ2n) is 3.86. The molecule has 1 aliphatic heterocycles. The average Bonchev–Trinajstić information content (AvgIpc) is 2.61. The van der Waals surface area contributed by atoms with Crippen molar-refractivity contribution in [1.29, 1.82) is 0 Å². The maximum absolute atomic E-state index is 10.8. The molecule has 4 heteroatoms. The third-order valence-electron chi connectivity index (χ3n) is 2.86. The lowest BCUT2D eigenvalue weighted by Gasteiger charge is -2.15. The number of hydrogen-bond acceptors (Lipinski definition) is 2. The van der Waals surface area contributed by atoms with Crippen LogP contribution in [0.1, 0.15) is 12.5 Å². The van der Waals surface area contributed by atoms with Crippen LogP contribution in [0.2, 0.25) is 5.02 Å². The summed E-state index contributed by atoms with van der Waals surface area (Å²) in [5, 5.41) is 12.7. The van der Waals surface area contributed by atoms with Crippen LogP contribution in [0.15, 0.2) is 18.2 Å². The fraction of sp³-hybridized carbons (Fsp3) is 0.364. The maximum atomic E-state index is 10.8. The first kappa shape index (κ1) is 10.3. The van der Waals surface area contributed by atoms with Crippen LogP contribution in [0.25, 0.3) is 0 Å². The summed E-state index contributed by atoms with van der Waals surface area (Å²) >= 11 is 6.01. The van der Waals surface area contributed by atoms with E-state index in [4.69, 9.17) is 16.7 Å². The summed E-state index contributed by atoms with van der Waals surface area (Å²) in [7, 11) is 0. The summed E-state index contributed by atoms with van der Waals surface area (Å²) in [5.74, 6) is -1.19. The number of rotatable bonds is 2. The molecule has 2 rings (SSSR count). The third kappa shape index (κ3) is 1.79. The molecule has 1 heterocycles. The third-order valence-corrected chi connectivity index (χ3v) is 3.18. The van der Waals surface area contributed by atoms with Crippen molar-refractivity contribution in [2.24, 2.45) is 5.92 Å². The molecule has 2 atom stereocenters. The number of anilines is 1. The molecule has 0 amide bonds. The van der Waals surface area contributed by atoms with Gasteiger partial charge in [-0.3, -0.25) is 4.79 Å². The van der Waals surface area contributed by atoms with Crippen LogP contribution in [0.3, 0.4) is 0 Å². The normalized spacial score (nSPS) is 20.5. The molecule has 0 saturated carbocycles. The first-order chi connectivity index (χ1) is 7.09.